The van der Waals surface area contributed by atoms with Crippen LogP contribution in [0.15, 0.2) is 60.0 Å². The number of hydrogen-bond acceptors (Lipinski definition) is 7. The minimum atomic E-state index is -3.82. The summed E-state index contributed by atoms with van der Waals surface area (Å²) in [6.45, 7) is 1.21. The van der Waals surface area contributed by atoms with Crippen molar-refractivity contribution in [2.24, 2.45) is 0 Å². The molecule has 10 nitrogen and oxygen atoms in total. The summed E-state index contributed by atoms with van der Waals surface area (Å²) in [5, 5.41) is 18.4. The quantitative estimate of drug-likeness (QED) is 0.453. The highest BCUT2D eigenvalue weighted by Crippen LogP contribution is 2.31. The normalized spacial score (nSPS) is 14.7. The van der Waals surface area contributed by atoms with Crippen molar-refractivity contribution < 1.29 is 13.3 Å². The van der Waals surface area contributed by atoms with E-state index in [0.717, 1.165) is 30.2 Å². The van der Waals surface area contributed by atoms with Crippen LogP contribution in [0.1, 0.15) is 18.4 Å². The fourth-order valence-electron chi connectivity index (χ4n) is 3.36. The SMILES string of the molecule is O=[N+]([O-])c1ccc(NCc2ccc(-n3cncn3)cc2)c(S(=O)(=O)N2CCCC2)c1. The average molecular weight is 428 g/mol. The molecule has 156 valence electrons. The lowest BCUT2D eigenvalue weighted by molar-refractivity contribution is -0.385. The smallest absolute Gasteiger partial charge is 0.270 e. The standard InChI is InChI=1S/C19H20N6O4S/c26-25(27)17-7-8-18(19(11-17)30(28,29)23-9-1-2-10-23)21-12-15-3-5-16(6-4-15)24-14-20-13-22-24/h3-8,11,13-14,21H,1-2,9-10,12H2. The topological polar surface area (TPSA) is 123 Å². The lowest BCUT2D eigenvalue weighted by Crippen LogP contribution is -2.28. The molecule has 1 aliphatic rings. The number of nitrogens with one attached hydrogen (secondary N) is 1. The number of nitro benzene ring substituents is 1. The Balaban J connectivity index is 1.58. The van der Waals surface area contributed by atoms with Crippen LogP contribution in [0.2, 0.25) is 0 Å². The lowest BCUT2D eigenvalue weighted by Gasteiger charge is -2.19. The van der Waals surface area contributed by atoms with Gasteiger partial charge in [0, 0.05) is 31.8 Å². The molecular weight excluding hydrogens is 408 g/mol. The van der Waals surface area contributed by atoms with Crippen LogP contribution >= 0.6 is 0 Å². The van der Waals surface area contributed by atoms with Crippen molar-refractivity contribution in [3.8, 4) is 5.69 Å². The molecule has 30 heavy (non-hydrogen) atoms. The van der Waals surface area contributed by atoms with Crippen molar-refractivity contribution in [3.05, 3.63) is 70.8 Å². The Morgan fingerprint density at radius 3 is 2.47 bits per heavy atom. The highest BCUT2D eigenvalue weighted by Gasteiger charge is 2.30. The Bertz CT molecular complexity index is 1140. The molecule has 0 bridgehead atoms. The van der Waals surface area contributed by atoms with Gasteiger partial charge in [-0.25, -0.2) is 18.1 Å². The van der Waals surface area contributed by atoms with Crippen LogP contribution in [-0.2, 0) is 16.6 Å². The molecule has 0 atom stereocenters. The Labute approximate surface area is 173 Å². The first kappa shape index (κ1) is 20.0. The fourth-order valence-corrected chi connectivity index (χ4v) is 5.06. The second-order valence-corrected chi connectivity index (χ2v) is 8.82. The summed E-state index contributed by atoms with van der Waals surface area (Å²) in [6, 6.07) is 11.4. The molecule has 4 rings (SSSR count). The average Bonchev–Trinajstić information content (AvgIpc) is 3.47. The Hall–Kier alpha value is -3.31. The number of non-ortho nitro benzene ring substituents is 1. The van der Waals surface area contributed by atoms with E-state index >= 15 is 0 Å². The molecule has 0 unspecified atom stereocenters. The largest absolute Gasteiger partial charge is 0.380 e. The van der Waals surface area contributed by atoms with E-state index < -0.39 is 14.9 Å². The maximum Gasteiger partial charge on any atom is 0.270 e. The van der Waals surface area contributed by atoms with Gasteiger partial charge in [-0.15, -0.1) is 0 Å². The first-order valence-corrected chi connectivity index (χ1v) is 10.9. The van der Waals surface area contributed by atoms with Crippen molar-refractivity contribution in [1.82, 2.24) is 19.1 Å². The van der Waals surface area contributed by atoms with Crippen molar-refractivity contribution >= 4 is 21.4 Å². The number of rotatable bonds is 7. The van der Waals surface area contributed by atoms with E-state index in [1.165, 1.54) is 22.8 Å². The van der Waals surface area contributed by atoms with Crippen LogP contribution in [0.25, 0.3) is 5.69 Å². The van der Waals surface area contributed by atoms with Crippen LogP contribution in [-0.4, -0.2) is 45.5 Å². The molecule has 11 heteroatoms. The van der Waals surface area contributed by atoms with Crippen molar-refractivity contribution in [1.29, 1.82) is 0 Å². The van der Waals surface area contributed by atoms with Gasteiger partial charge in [-0.3, -0.25) is 10.1 Å². The van der Waals surface area contributed by atoms with Gasteiger partial charge in [-0.05, 0) is 36.6 Å². The molecule has 1 aromatic heterocycles. The van der Waals surface area contributed by atoms with E-state index in [9.17, 15) is 18.5 Å². The van der Waals surface area contributed by atoms with Gasteiger partial charge in [0.25, 0.3) is 5.69 Å². The minimum Gasteiger partial charge on any atom is -0.380 e. The predicted molar refractivity (Wildman–Crippen MR) is 110 cm³/mol. The molecule has 2 heterocycles. The number of benzene rings is 2. The number of anilines is 1. The fraction of sp³-hybridized carbons (Fsp3) is 0.263. The van der Waals surface area contributed by atoms with Gasteiger partial charge in [0.15, 0.2) is 0 Å². The first-order valence-electron chi connectivity index (χ1n) is 9.41. The van der Waals surface area contributed by atoms with Crippen LogP contribution in [0.5, 0.6) is 0 Å². The van der Waals surface area contributed by atoms with E-state index in [1.54, 1.807) is 11.0 Å². The Morgan fingerprint density at radius 2 is 1.83 bits per heavy atom. The summed E-state index contributed by atoms with van der Waals surface area (Å²) in [5.41, 5.74) is 1.86. The van der Waals surface area contributed by atoms with E-state index in [0.29, 0.717) is 25.3 Å². The third kappa shape index (κ3) is 4.02. The van der Waals surface area contributed by atoms with Crippen LogP contribution in [0.3, 0.4) is 0 Å². The van der Waals surface area contributed by atoms with Gasteiger partial charge >= 0.3 is 0 Å². The van der Waals surface area contributed by atoms with Gasteiger partial charge in [-0.1, -0.05) is 12.1 Å². The molecule has 0 aliphatic carbocycles. The summed E-state index contributed by atoms with van der Waals surface area (Å²) in [5.74, 6) is 0. The number of nitrogens with zero attached hydrogens (tertiary/aromatic N) is 5. The van der Waals surface area contributed by atoms with Gasteiger partial charge in [0.1, 0.15) is 17.6 Å². The van der Waals surface area contributed by atoms with Gasteiger partial charge in [0.2, 0.25) is 10.0 Å². The predicted octanol–water partition coefficient (Wildman–Crippen LogP) is 2.57. The molecule has 1 N–H and O–H groups in total. The number of hydrogen-bond donors (Lipinski definition) is 1. The molecule has 2 aromatic carbocycles. The Kier molecular flexibility index (Phi) is 5.46. The third-order valence-electron chi connectivity index (χ3n) is 4.96. The maximum absolute atomic E-state index is 13.1. The molecule has 0 saturated carbocycles. The highest BCUT2D eigenvalue weighted by atomic mass is 32.2. The highest BCUT2D eigenvalue weighted by molar-refractivity contribution is 7.89. The monoisotopic (exact) mass is 428 g/mol. The van der Waals surface area contributed by atoms with Crippen molar-refractivity contribution in [3.63, 3.8) is 0 Å². The van der Waals surface area contributed by atoms with E-state index in [-0.39, 0.29) is 10.6 Å². The second kappa shape index (κ2) is 8.20. The summed E-state index contributed by atoms with van der Waals surface area (Å²) < 4.78 is 29.1. The van der Waals surface area contributed by atoms with Crippen LogP contribution in [0.4, 0.5) is 11.4 Å². The molecular formula is C19H20N6O4S. The number of aromatic nitrogens is 3. The van der Waals surface area contributed by atoms with E-state index in [2.05, 4.69) is 15.4 Å². The first-order chi connectivity index (χ1) is 14.4. The molecule has 0 amide bonds. The zero-order valence-electron chi connectivity index (χ0n) is 16.0. The number of sulfonamides is 1. The van der Waals surface area contributed by atoms with Gasteiger partial charge < -0.3 is 5.32 Å². The zero-order chi connectivity index (χ0) is 21.1. The maximum atomic E-state index is 13.1. The zero-order valence-corrected chi connectivity index (χ0v) is 16.8. The number of nitro groups is 1. The third-order valence-corrected chi connectivity index (χ3v) is 6.90. The summed E-state index contributed by atoms with van der Waals surface area (Å²) in [7, 11) is -3.82. The van der Waals surface area contributed by atoms with Gasteiger partial charge in [-0.2, -0.15) is 9.40 Å². The van der Waals surface area contributed by atoms with E-state index in [1.807, 2.05) is 24.3 Å². The van der Waals surface area contributed by atoms with Crippen molar-refractivity contribution in [2.75, 3.05) is 18.4 Å². The molecule has 1 aliphatic heterocycles. The van der Waals surface area contributed by atoms with Crippen molar-refractivity contribution in [2.45, 2.75) is 24.3 Å². The summed E-state index contributed by atoms with van der Waals surface area (Å²) in [4.78, 5) is 14.4. The molecule has 1 saturated heterocycles. The summed E-state index contributed by atoms with van der Waals surface area (Å²) >= 11 is 0. The van der Waals surface area contributed by atoms with Crippen LogP contribution < -0.4 is 5.32 Å². The van der Waals surface area contributed by atoms with Crippen LogP contribution in [0, 0.1) is 10.1 Å². The molecule has 1 fully saturated rings. The second-order valence-electron chi connectivity index (χ2n) is 6.91. The molecule has 3 aromatic rings. The summed E-state index contributed by atoms with van der Waals surface area (Å²) in [6.07, 6.45) is 4.62. The lowest BCUT2D eigenvalue weighted by atomic mass is 10.2. The van der Waals surface area contributed by atoms with E-state index in [4.69, 9.17) is 0 Å². The van der Waals surface area contributed by atoms with Gasteiger partial charge in [0.05, 0.1) is 16.3 Å². The molecule has 0 radical (unpaired) electrons. The minimum absolute atomic E-state index is 0.0714. The molecule has 0 spiro atoms. The Morgan fingerprint density at radius 1 is 1.10 bits per heavy atom.